The Balaban J connectivity index is 1.29. The molecule has 31 heavy (non-hydrogen) atoms. The van der Waals surface area contributed by atoms with E-state index in [1.54, 1.807) is 6.26 Å². The van der Waals surface area contributed by atoms with E-state index >= 15 is 0 Å². The molecule has 0 spiro atoms. The molecule has 0 saturated heterocycles. The molecule has 0 fully saturated rings. The Bertz CT molecular complexity index is 1120. The van der Waals surface area contributed by atoms with Crippen LogP contribution in [0.5, 0.6) is 17.2 Å². The van der Waals surface area contributed by atoms with Crippen molar-refractivity contribution in [1.29, 1.82) is 0 Å². The van der Waals surface area contributed by atoms with Crippen LogP contribution in [0.4, 0.5) is 5.69 Å². The zero-order valence-electron chi connectivity index (χ0n) is 17.2. The number of nitrogens with one attached hydrogen (secondary N) is 1. The normalized spacial score (nSPS) is 10.5. The predicted molar refractivity (Wildman–Crippen MR) is 120 cm³/mol. The van der Waals surface area contributed by atoms with Crippen molar-refractivity contribution >= 4 is 11.6 Å². The zero-order chi connectivity index (χ0) is 21.5. The number of carbonyl (C=O) groups is 1. The Kier molecular flexibility index (Phi) is 6.33. The fraction of sp³-hybridized carbons (Fsp3) is 0.115. The molecule has 1 aromatic heterocycles. The van der Waals surface area contributed by atoms with Gasteiger partial charge in [0.25, 0.3) is 0 Å². The third kappa shape index (κ3) is 5.76. The van der Waals surface area contributed by atoms with E-state index in [-0.39, 0.29) is 5.91 Å². The number of carbonyl (C=O) groups excluding carboxylic acids is 1. The van der Waals surface area contributed by atoms with Gasteiger partial charge in [0.2, 0.25) is 5.91 Å². The first-order valence-corrected chi connectivity index (χ1v) is 10.0. The van der Waals surface area contributed by atoms with Crippen LogP contribution in [0.3, 0.4) is 0 Å². The monoisotopic (exact) mass is 413 g/mol. The molecule has 156 valence electrons. The molecule has 3 aromatic carbocycles. The Morgan fingerprint density at radius 2 is 1.52 bits per heavy atom. The van der Waals surface area contributed by atoms with Crippen LogP contribution in [0.2, 0.25) is 0 Å². The molecular formula is C26H23NO4. The molecule has 0 unspecified atom stereocenters. The fourth-order valence-electron chi connectivity index (χ4n) is 3.06. The molecule has 4 aromatic rings. The molecule has 0 aliphatic rings. The van der Waals surface area contributed by atoms with Gasteiger partial charge in [0.05, 0.1) is 12.7 Å². The van der Waals surface area contributed by atoms with Gasteiger partial charge in [0.1, 0.15) is 29.6 Å². The largest absolute Gasteiger partial charge is 0.486 e. The first-order valence-electron chi connectivity index (χ1n) is 10.0. The Morgan fingerprint density at radius 1 is 0.839 bits per heavy atom. The molecule has 0 aliphatic heterocycles. The third-order valence-electron chi connectivity index (χ3n) is 4.73. The minimum Gasteiger partial charge on any atom is -0.486 e. The maximum atomic E-state index is 12.3. The molecule has 1 amide bonds. The molecule has 5 heteroatoms. The van der Waals surface area contributed by atoms with Gasteiger partial charge in [-0.05, 0) is 72.6 Å². The Labute approximate surface area is 181 Å². The van der Waals surface area contributed by atoms with E-state index in [4.69, 9.17) is 13.9 Å². The average Bonchev–Trinajstić information content (AvgIpc) is 3.30. The van der Waals surface area contributed by atoms with Gasteiger partial charge in [-0.15, -0.1) is 0 Å². The maximum Gasteiger partial charge on any atom is 0.228 e. The molecule has 0 bridgehead atoms. The van der Waals surface area contributed by atoms with Crippen LogP contribution in [-0.2, 0) is 17.8 Å². The van der Waals surface area contributed by atoms with E-state index in [1.165, 1.54) is 0 Å². The number of hydrogen-bond donors (Lipinski definition) is 1. The van der Waals surface area contributed by atoms with Crippen molar-refractivity contribution in [1.82, 2.24) is 0 Å². The summed E-state index contributed by atoms with van der Waals surface area (Å²) in [5, 5.41) is 2.95. The van der Waals surface area contributed by atoms with Crippen LogP contribution in [0.25, 0.3) is 0 Å². The van der Waals surface area contributed by atoms with Gasteiger partial charge < -0.3 is 19.2 Å². The van der Waals surface area contributed by atoms with Crippen LogP contribution in [0.1, 0.15) is 16.9 Å². The number of benzene rings is 3. The summed E-state index contributed by atoms with van der Waals surface area (Å²) in [5.41, 5.74) is 2.79. The molecule has 0 radical (unpaired) electrons. The van der Waals surface area contributed by atoms with Crippen LogP contribution in [0, 0.1) is 6.92 Å². The highest BCUT2D eigenvalue weighted by Crippen LogP contribution is 2.25. The number of furan rings is 1. The zero-order valence-corrected chi connectivity index (χ0v) is 17.2. The number of rotatable bonds is 8. The van der Waals surface area contributed by atoms with E-state index in [0.29, 0.717) is 24.5 Å². The van der Waals surface area contributed by atoms with Gasteiger partial charge >= 0.3 is 0 Å². The van der Waals surface area contributed by atoms with E-state index < -0.39 is 0 Å². The van der Waals surface area contributed by atoms with Gasteiger partial charge in [-0.1, -0.05) is 30.3 Å². The standard InChI is InChI=1S/C26H23NO4/c1-19-5-2-3-7-25(19)27-26(28)17-20-8-10-22(11-9-20)31-23-14-12-21(13-15-23)30-18-24-6-4-16-29-24/h2-16H,17-18H2,1H3,(H,27,28). The second kappa shape index (κ2) is 9.67. The van der Waals surface area contributed by atoms with Crippen molar-refractivity contribution in [2.75, 3.05) is 5.32 Å². The highest BCUT2D eigenvalue weighted by atomic mass is 16.5. The summed E-state index contributed by atoms with van der Waals surface area (Å²) < 4.78 is 16.8. The second-order valence-corrected chi connectivity index (χ2v) is 7.13. The summed E-state index contributed by atoms with van der Waals surface area (Å²) >= 11 is 0. The lowest BCUT2D eigenvalue weighted by atomic mass is 10.1. The van der Waals surface area contributed by atoms with Gasteiger partial charge in [0.15, 0.2) is 0 Å². The number of ether oxygens (including phenoxy) is 2. The number of para-hydroxylation sites is 1. The van der Waals surface area contributed by atoms with Crippen LogP contribution in [-0.4, -0.2) is 5.91 Å². The molecule has 1 heterocycles. The van der Waals surface area contributed by atoms with Crippen LogP contribution >= 0.6 is 0 Å². The Hall–Kier alpha value is -3.99. The molecule has 5 nitrogen and oxygen atoms in total. The first-order chi connectivity index (χ1) is 15.2. The van der Waals surface area contributed by atoms with Gasteiger partial charge in [0, 0.05) is 5.69 Å². The van der Waals surface area contributed by atoms with E-state index in [0.717, 1.165) is 28.3 Å². The lowest BCUT2D eigenvalue weighted by Gasteiger charge is -2.10. The SMILES string of the molecule is Cc1ccccc1NC(=O)Cc1ccc(Oc2ccc(OCc3ccco3)cc2)cc1. The number of amides is 1. The lowest BCUT2D eigenvalue weighted by Crippen LogP contribution is -2.15. The van der Waals surface area contributed by atoms with E-state index in [9.17, 15) is 4.79 Å². The fourth-order valence-corrected chi connectivity index (χ4v) is 3.06. The van der Waals surface area contributed by atoms with Crippen molar-refractivity contribution in [3.05, 3.63) is 108 Å². The quantitative estimate of drug-likeness (QED) is 0.377. The van der Waals surface area contributed by atoms with E-state index in [2.05, 4.69) is 5.32 Å². The summed E-state index contributed by atoms with van der Waals surface area (Å²) in [6, 6.07) is 26.3. The summed E-state index contributed by atoms with van der Waals surface area (Å²) in [5.74, 6) is 2.86. The highest BCUT2D eigenvalue weighted by Gasteiger charge is 2.07. The van der Waals surface area contributed by atoms with Crippen LogP contribution in [0.15, 0.2) is 95.6 Å². The molecule has 4 rings (SSSR count). The van der Waals surface area contributed by atoms with Crippen LogP contribution < -0.4 is 14.8 Å². The first kappa shape index (κ1) is 20.3. The van der Waals surface area contributed by atoms with Gasteiger partial charge in [-0.25, -0.2) is 0 Å². The lowest BCUT2D eigenvalue weighted by molar-refractivity contribution is -0.115. The highest BCUT2D eigenvalue weighted by molar-refractivity contribution is 5.92. The molecule has 0 atom stereocenters. The molecular weight excluding hydrogens is 390 g/mol. The summed E-state index contributed by atoms with van der Waals surface area (Å²) in [6.45, 7) is 2.35. The van der Waals surface area contributed by atoms with Crippen molar-refractivity contribution < 1.29 is 18.7 Å². The third-order valence-corrected chi connectivity index (χ3v) is 4.73. The predicted octanol–water partition coefficient (Wildman–Crippen LogP) is 6.14. The number of anilines is 1. The number of aryl methyl sites for hydroxylation is 1. The van der Waals surface area contributed by atoms with Gasteiger partial charge in [-0.3, -0.25) is 4.79 Å². The summed E-state index contributed by atoms with van der Waals surface area (Å²) in [4.78, 5) is 12.3. The molecule has 0 saturated carbocycles. The molecule has 1 N–H and O–H groups in total. The molecule has 0 aliphatic carbocycles. The summed E-state index contributed by atoms with van der Waals surface area (Å²) in [7, 11) is 0. The van der Waals surface area contributed by atoms with Crippen molar-refractivity contribution in [3.63, 3.8) is 0 Å². The van der Waals surface area contributed by atoms with E-state index in [1.807, 2.05) is 91.9 Å². The second-order valence-electron chi connectivity index (χ2n) is 7.13. The Morgan fingerprint density at radius 3 is 2.19 bits per heavy atom. The summed E-state index contributed by atoms with van der Waals surface area (Å²) in [6.07, 6.45) is 1.92. The number of hydrogen-bond acceptors (Lipinski definition) is 4. The maximum absolute atomic E-state index is 12.3. The average molecular weight is 413 g/mol. The van der Waals surface area contributed by atoms with Crippen molar-refractivity contribution in [3.8, 4) is 17.2 Å². The van der Waals surface area contributed by atoms with Crippen molar-refractivity contribution in [2.24, 2.45) is 0 Å². The minimum absolute atomic E-state index is 0.0481. The van der Waals surface area contributed by atoms with Gasteiger partial charge in [-0.2, -0.15) is 0 Å². The van der Waals surface area contributed by atoms with Crippen molar-refractivity contribution in [2.45, 2.75) is 20.0 Å². The topological polar surface area (TPSA) is 60.7 Å². The minimum atomic E-state index is -0.0481. The smallest absolute Gasteiger partial charge is 0.228 e.